The summed E-state index contributed by atoms with van der Waals surface area (Å²) < 4.78 is 1.08. The van der Waals surface area contributed by atoms with Crippen molar-refractivity contribution in [2.45, 2.75) is 0 Å². The van der Waals surface area contributed by atoms with Crippen LogP contribution >= 0.6 is 11.3 Å². The molecule has 5 nitrogen and oxygen atoms in total. The predicted octanol–water partition coefficient (Wildman–Crippen LogP) is 1.30. The van der Waals surface area contributed by atoms with Gasteiger partial charge in [0.05, 0.1) is 16.4 Å². The summed E-state index contributed by atoms with van der Waals surface area (Å²) in [5.74, 6) is 0. The molecular formula is C9H8N4OS. The second kappa shape index (κ2) is 4.05. The minimum atomic E-state index is -0.688. The average molecular weight is 220 g/mol. The van der Waals surface area contributed by atoms with E-state index in [4.69, 9.17) is 5.73 Å². The van der Waals surface area contributed by atoms with Gasteiger partial charge < -0.3 is 5.73 Å². The third-order valence-electron chi connectivity index (χ3n) is 1.66. The first-order chi connectivity index (χ1) is 7.25. The van der Waals surface area contributed by atoms with E-state index in [1.165, 1.54) is 17.6 Å². The molecule has 0 aliphatic carbocycles. The first-order valence-corrected chi connectivity index (χ1v) is 5.01. The molecule has 0 spiro atoms. The average Bonchev–Trinajstić information content (AvgIpc) is 2.59. The zero-order valence-corrected chi connectivity index (χ0v) is 8.49. The maximum atomic E-state index is 10.3. The van der Waals surface area contributed by atoms with Gasteiger partial charge in [0.2, 0.25) is 0 Å². The minimum Gasteiger partial charge on any atom is -0.350 e. The summed E-state index contributed by atoms with van der Waals surface area (Å²) in [6, 6.07) is 7.08. The normalized spacial score (nSPS) is 10.9. The van der Waals surface area contributed by atoms with Crippen LogP contribution in [0.1, 0.15) is 5.01 Å². The van der Waals surface area contributed by atoms with E-state index in [-0.39, 0.29) is 0 Å². The Kier molecular flexibility index (Phi) is 2.59. The van der Waals surface area contributed by atoms with Crippen molar-refractivity contribution in [1.82, 2.24) is 10.4 Å². The SMILES string of the molecule is NC(=O)N/N=C/c1nc2ccccc2s1. The summed E-state index contributed by atoms with van der Waals surface area (Å²) in [4.78, 5) is 14.6. The summed E-state index contributed by atoms with van der Waals surface area (Å²) in [7, 11) is 0. The molecule has 2 aromatic rings. The summed E-state index contributed by atoms with van der Waals surface area (Å²) in [6.45, 7) is 0. The summed E-state index contributed by atoms with van der Waals surface area (Å²) in [6.07, 6.45) is 1.47. The molecule has 6 heteroatoms. The second-order valence-electron chi connectivity index (χ2n) is 2.75. The number of amides is 2. The number of primary amides is 1. The van der Waals surface area contributed by atoms with Crippen LogP contribution in [0, 0.1) is 0 Å². The lowest BCUT2D eigenvalue weighted by molar-refractivity contribution is 0.249. The fourth-order valence-corrected chi connectivity index (χ4v) is 1.94. The molecule has 0 aliphatic rings. The van der Waals surface area contributed by atoms with Crippen LogP contribution in [-0.2, 0) is 0 Å². The second-order valence-corrected chi connectivity index (χ2v) is 3.82. The molecular weight excluding hydrogens is 212 g/mol. The number of hydrogen-bond donors (Lipinski definition) is 2. The standard InChI is InChI=1S/C9H8N4OS/c10-9(14)13-11-5-8-12-6-3-1-2-4-7(6)15-8/h1-5H,(H3,10,13,14)/b11-5+. The Balaban J connectivity index is 2.22. The van der Waals surface area contributed by atoms with Crippen LogP contribution < -0.4 is 11.2 Å². The van der Waals surface area contributed by atoms with Gasteiger partial charge in [0.15, 0.2) is 0 Å². The maximum Gasteiger partial charge on any atom is 0.332 e. The highest BCUT2D eigenvalue weighted by Crippen LogP contribution is 2.19. The molecule has 0 atom stereocenters. The van der Waals surface area contributed by atoms with Gasteiger partial charge in [-0.3, -0.25) is 0 Å². The van der Waals surface area contributed by atoms with Crippen LogP contribution in [0.4, 0.5) is 4.79 Å². The molecule has 1 aromatic heterocycles. The molecule has 0 fully saturated rings. The first-order valence-electron chi connectivity index (χ1n) is 4.20. The molecule has 0 saturated heterocycles. The Morgan fingerprint density at radius 3 is 3.07 bits per heavy atom. The van der Waals surface area contributed by atoms with Crippen LogP contribution in [0.5, 0.6) is 0 Å². The summed E-state index contributed by atoms with van der Waals surface area (Å²) in [5.41, 5.74) is 7.88. The summed E-state index contributed by atoms with van der Waals surface area (Å²) in [5, 5.41) is 4.36. The largest absolute Gasteiger partial charge is 0.350 e. The molecule has 0 radical (unpaired) electrons. The van der Waals surface area contributed by atoms with Crippen LogP contribution in [0.25, 0.3) is 10.2 Å². The molecule has 0 aliphatic heterocycles. The number of fused-ring (bicyclic) bond motifs is 1. The smallest absolute Gasteiger partial charge is 0.332 e. The fourth-order valence-electron chi connectivity index (χ4n) is 1.10. The molecule has 0 saturated carbocycles. The quantitative estimate of drug-likeness (QED) is 0.590. The molecule has 2 rings (SSSR count). The van der Waals surface area contributed by atoms with Crippen LogP contribution in [-0.4, -0.2) is 17.2 Å². The number of para-hydroxylation sites is 1. The van der Waals surface area contributed by atoms with E-state index in [0.29, 0.717) is 0 Å². The van der Waals surface area contributed by atoms with Crippen molar-refractivity contribution < 1.29 is 4.79 Å². The summed E-state index contributed by atoms with van der Waals surface area (Å²) >= 11 is 1.50. The highest BCUT2D eigenvalue weighted by atomic mass is 32.1. The molecule has 0 bridgehead atoms. The molecule has 1 heterocycles. The molecule has 0 unspecified atom stereocenters. The van der Waals surface area contributed by atoms with Crippen molar-refractivity contribution >= 4 is 33.8 Å². The number of thiazole rings is 1. The first kappa shape index (κ1) is 9.60. The Morgan fingerprint density at radius 2 is 2.33 bits per heavy atom. The lowest BCUT2D eigenvalue weighted by atomic mass is 10.3. The number of rotatable bonds is 2. The number of carbonyl (C=O) groups excluding carboxylic acids is 1. The van der Waals surface area contributed by atoms with Crippen molar-refractivity contribution in [3.05, 3.63) is 29.3 Å². The van der Waals surface area contributed by atoms with Gasteiger partial charge in [0.25, 0.3) is 0 Å². The lowest BCUT2D eigenvalue weighted by Gasteiger charge is -1.87. The number of hydrazone groups is 1. The topological polar surface area (TPSA) is 80.4 Å². The van der Waals surface area contributed by atoms with Gasteiger partial charge in [-0.15, -0.1) is 11.3 Å². The van der Waals surface area contributed by atoms with Gasteiger partial charge in [-0.1, -0.05) is 12.1 Å². The van der Waals surface area contributed by atoms with Crippen LogP contribution in [0.15, 0.2) is 29.4 Å². The zero-order valence-electron chi connectivity index (χ0n) is 7.68. The van der Waals surface area contributed by atoms with E-state index < -0.39 is 6.03 Å². The number of nitrogens with two attached hydrogens (primary N) is 1. The minimum absolute atomic E-state index is 0.688. The van der Waals surface area contributed by atoms with E-state index >= 15 is 0 Å². The Hall–Kier alpha value is -1.95. The van der Waals surface area contributed by atoms with E-state index in [9.17, 15) is 4.79 Å². The highest BCUT2D eigenvalue weighted by molar-refractivity contribution is 7.20. The predicted molar refractivity (Wildman–Crippen MR) is 59.9 cm³/mol. The van der Waals surface area contributed by atoms with E-state index in [1.54, 1.807) is 0 Å². The third kappa shape index (κ3) is 2.29. The monoisotopic (exact) mass is 220 g/mol. The van der Waals surface area contributed by atoms with Crippen LogP contribution in [0.3, 0.4) is 0 Å². The van der Waals surface area contributed by atoms with E-state index in [0.717, 1.165) is 15.2 Å². The number of aromatic nitrogens is 1. The van der Waals surface area contributed by atoms with Crippen molar-refractivity contribution in [3.63, 3.8) is 0 Å². The molecule has 15 heavy (non-hydrogen) atoms. The Bertz CT molecular complexity index is 487. The number of nitrogens with one attached hydrogen (secondary N) is 1. The van der Waals surface area contributed by atoms with E-state index in [2.05, 4.69) is 15.5 Å². The molecule has 76 valence electrons. The zero-order chi connectivity index (χ0) is 10.7. The van der Waals surface area contributed by atoms with Crippen LogP contribution in [0.2, 0.25) is 0 Å². The Labute approximate surface area is 89.6 Å². The number of carbonyl (C=O) groups is 1. The molecule has 2 amide bonds. The number of hydrogen-bond acceptors (Lipinski definition) is 4. The van der Waals surface area contributed by atoms with Gasteiger partial charge in [-0.05, 0) is 12.1 Å². The molecule has 1 aromatic carbocycles. The van der Waals surface area contributed by atoms with Crippen molar-refractivity contribution in [1.29, 1.82) is 0 Å². The van der Waals surface area contributed by atoms with Crippen molar-refractivity contribution in [2.24, 2.45) is 10.8 Å². The number of urea groups is 1. The van der Waals surface area contributed by atoms with Gasteiger partial charge in [-0.25, -0.2) is 15.2 Å². The molecule has 3 N–H and O–H groups in total. The maximum absolute atomic E-state index is 10.3. The Morgan fingerprint density at radius 1 is 1.53 bits per heavy atom. The van der Waals surface area contributed by atoms with Gasteiger partial charge in [0.1, 0.15) is 5.01 Å². The van der Waals surface area contributed by atoms with Crippen molar-refractivity contribution in [3.8, 4) is 0 Å². The highest BCUT2D eigenvalue weighted by Gasteiger charge is 1.99. The van der Waals surface area contributed by atoms with Crippen molar-refractivity contribution in [2.75, 3.05) is 0 Å². The van der Waals surface area contributed by atoms with E-state index in [1.807, 2.05) is 24.3 Å². The van der Waals surface area contributed by atoms with Gasteiger partial charge in [-0.2, -0.15) is 5.10 Å². The lowest BCUT2D eigenvalue weighted by Crippen LogP contribution is -2.24. The fraction of sp³-hybridized carbons (Fsp3) is 0. The number of benzene rings is 1. The van der Waals surface area contributed by atoms with Gasteiger partial charge in [0, 0.05) is 0 Å². The van der Waals surface area contributed by atoms with Gasteiger partial charge >= 0.3 is 6.03 Å². The number of nitrogens with zero attached hydrogens (tertiary/aromatic N) is 2. The third-order valence-corrected chi connectivity index (χ3v) is 2.63.